The minimum Gasteiger partial charge on any atom is -0.494 e. The Morgan fingerprint density at radius 3 is 2.41 bits per heavy atom. The quantitative estimate of drug-likeness (QED) is 0.406. The maximum Gasteiger partial charge on any atom is 0.280 e. The zero-order valence-electron chi connectivity index (χ0n) is 15.3. The van der Waals surface area contributed by atoms with E-state index in [1.165, 1.54) is 31.2 Å². The Kier molecular flexibility index (Phi) is 5.23. The van der Waals surface area contributed by atoms with Gasteiger partial charge in [0.2, 0.25) is 11.7 Å². The second-order valence-electron chi connectivity index (χ2n) is 6.29. The van der Waals surface area contributed by atoms with Gasteiger partial charge < -0.3 is 5.11 Å². The Morgan fingerprint density at radius 1 is 1.17 bits per heavy atom. The van der Waals surface area contributed by atoms with Crippen LogP contribution in [0.4, 0.5) is 5.69 Å². The van der Waals surface area contributed by atoms with Gasteiger partial charge in [0.15, 0.2) is 0 Å². The van der Waals surface area contributed by atoms with Crippen LogP contribution in [0.25, 0.3) is 0 Å². The molecule has 0 amide bonds. The molecule has 0 saturated heterocycles. The molecule has 0 fully saturated rings. The zero-order chi connectivity index (χ0) is 21.1. The number of nitro groups is 1. The van der Waals surface area contributed by atoms with Crippen molar-refractivity contribution in [1.29, 1.82) is 5.26 Å². The van der Waals surface area contributed by atoms with Crippen LogP contribution < -0.4 is 5.56 Å². The molecule has 8 heteroatoms. The van der Waals surface area contributed by atoms with Gasteiger partial charge in [0.25, 0.3) is 11.2 Å². The first kappa shape index (κ1) is 19.5. The molecule has 0 radical (unpaired) electrons. The lowest BCUT2D eigenvalue weighted by Crippen LogP contribution is -2.27. The fraction of sp³-hybridized carbons (Fsp3) is 0.0952. The van der Waals surface area contributed by atoms with Crippen LogP contribution in [0.5, 0.6) is 5.88 Å². The van der Waals surface area contributed by atoms with Gasteiger partial charge in [-0.05, 0) is 24.1 Å². The number of nitrogens with zero attached hydrogens (tertiary/aromatic N) is 3. The topological polar surface area (TPSA) is 126 Å². The van der Waals surface area contributed by atoms with Crippen LogP contribution >= 0.6 is 0 Å². The number of hydrogen-bond donors (Lipinski definition) is 1. The van der Waals surface area contributed by atoms with Crippen molar-refractivity contribution < 1.29 is 14.8 Å². The summed E-state index contributed by atoms with van der Waals surface area (Å²) < 4.78 is 0.920. The lowest BCUT2D eigenvalue weighted by molar-refractivity contribution is -0.385. The van der Waals surface area contributed by atoms with Crippen LogP contribution in [-0.4, -0.2) is 20.4 Å². The third kappa shape index (κ3) is 3.49. The number of nitro benzene ring substituents is 1. The molecule has 1 aromatic heterocycles. The number of carbonyl (C=O) groups is 1. The average molecular weight is 389 g/mol. The highest BCUT2D eigenvalue weighted by atomic mass is 16.6. The molecule has 0 atom stereocenters. The molecule has 0 spiro atoms. The predicted molar refractivity (Wildman–Crippen MR) is 104 cm³/mol. The van der Waals surface area contributed by atoms with Gasteiger partial charge in [-0.15, -0.1) is 0 Å². The average Bonchev–Trinajstić information content (AvgIpc) is 2.72. The minimum atomic E-state index is -0.842. The summed E-state index contributed by atoms with van der Waals surface area (Å²) in [4.78, 5) is 36.4. The molecule has 1 N–H and O–H groups in total. The van der Waals surface area contributed by atoms with Crippen molar-refractivity contribution >= 4 is 11.5 Å². The minimum absolute atomic E-state index is 0.0255. The molecule has 0 aliphatic heterocycles. The summed E-state index contributed by atoms with van der Waals surface area (Å²) in [6.07, 6.45) is 0. The van der Waals surface area contributed by atoms with Gasteiger partial charge in [0.05, 0.1) is 17.0 Å². The van der Waals surface area contributed by atoms with Crippen LogP contribution in [0.2, 0.25) is 0 Å². The summed E-state index contributed by atoms with van der Waals surface area (Å²) in [5.74, 6) is -1.48. The zero-order valence-corrected chi connectivity index (χ0v) is 15.3. The van der Waals surface area contributed by atoms with Gasteiger partial charge in [0.1, 0.15) is 17.2 Å². The highest BCUT2D eigenvalue weighted by molar-refractivity contribution is 6.13. The molecule has 3 rings (SSSR count). The van der Waals surface area contributed by atoms with E-state index in [1.807, 2.05) is 0 Å². The van der Waals surface area contributed by atoms with E-state index >= 15 is 0 Å². The van der Waals surface area contributed by atoms with Crippen LogP contribution in [0.15, 0.2) is 59.4 Å². The number of aromatic hydroxyl groups is 1. The molecule has 0 aliphatic rings. The summed E-state index contributed by atoms with van der Waals surface area (Å²) in [7, 11) is 0. The third-order valence-corrected chi connectivity index (χ3v) is 4.56. The molecule has 0 unspecified atom stereocenters. The SMILES string of the molecule is Cc1c(C(=O)c2ccccc2[N+](=O)[O-])c(O)n(Cc2ccccc2)c(=O)c1C#N. The monoisotopic (exact) mass is 389 g/mol. The molecule has 0 saturated carbocycles. The Labute approximate surface area is 165 Å². The number of carbonyl (C=O) groups excluding carboxylic acids is 1. The highest BCUT2D eigenvalue weighted by Crippen LogP contribution is 2.29. The molecule has 1 heterocycles. The standard InChI is InChI=1S/C21H15N3O5/c1-13-16(11-22)20(26)23(12-14-7-3-2-4-8-14)21(27)18(13)19(25)15-9-5-6-10-17(15)24(28)29/h2-10,27H,12H2,1H3. The highest BCUT2D eigenvalue weighted by Gasteiger charge is 2.28. The van der Waals surface area contributed by atoms with E-state index < -0.39 is 27.8 Å². The van der Waals surface area contributed by atoms with E-state index in [2.05, 4.69) is 0 Å². The normalized spacial score (nSPS) is 10.3. The molecule has 2 aromatic carbocycles. The summed E-state index contributed by atoms with van der Waals surface area (Å²) in [6.45, 7) is 1.28. The van der Waals surface area contributed by atoms with Crippen molar-refractivity contribution in [2.75, 3.05) is 0 Å². The van der Waals surface area contributed by atoms with Gasteiger partial charge in [-0.2, -0.15) is 5.26 Å². The van der Waals surface area contributed by atoms with Gasteiger partial charge in [-0.1, -0.05) is 42.5 Å². The van der Waals surface area contributed by atoms with E-state index in [1.54, 1.807) is 36.4 Å². The summed E-state index contributed by atoms with van der Waals surface area (Å²) in [6, 6.07) is 15.8. The largest absolute Gasteiger partial charge is 0.494 e. The molecular weight excluding hydrogens is 374 g/mol. The Bertz CT molecular complexity index is 1220. The Morgan fingerprint density at radius 2 is 1.79 bits per heavy atom. The van der Waals surface area contributed by atoms with Crippen molar-refractivity contribution in [2.45, 2.75) is 13.5 Å². The molecule has 29 heavy (non-hydrogen) atoms. The van der Waals surface area contributed by atoms with E-state index in [0.29, 0.717) is 5.56 Å². The second kappa shape index (κ2) is 7.78. The van der Waals surface area contributed by atoms with E-state index in [-0.39, 0.29) is 28.8 Å². The first-order valence-corrected chi connectivity index (χ1v) is 8.55. The third-order valence-electron chi connectivity index (χ3n) is 4.56. The Balaban J connectivity index is 2.26. The predicted octanol–water partition coefficient (Wildman–Crippen LogP) is 2.92. The van der Waals surface area contributed by atoms with Crippen LogP contribution in [0.3, 0.4) is 0 Å². The van der Waals surface area contributed by atoms with Crippen LogP contribution in [0.1, 0.15) is 32.6 Å². The summed E-state index contributed by atoms with van der Waals surface area (Å²) >= 11 is 0. The first-order chi connectivity index (χ1) is 13.9. The summed E-state index contributed by atoms with van der Waals surface area (Å²) in [5, 5.41) is 31.5. The fourth-order valence-corrected chi connectivity index (χ4v) is 3.09. The molecule has 3 aromatic rings. The molecule has 0 aliphatic carbocycles. The smallest absolute Gasteiger partial charge is 0.280 e. The van der Waals surface area contributed by atoms with E-state index in [4.69, 9.17) is 0 Å². The number of pyridine rings is 1. The van der Waals surface area contributed by atoms with E-state index in [9.17, 15) is 30.1 Å². The van der Waals surface area contributed by atoms with Crippen molar-refractivity contribution in [2.24, 2.45) is 0 Å². The molecule has 0 bridgehead atoms. The van der Waals surface area contributed by atoms with Crippen LogP contribution in [-0.2, 0) is 6.54 Å². The number of para-hydroxylation sites is 1. The lowest BCUT2D eigenvalue weighted by atomic mass is 9.96. The van der Waals surface area contributed by atoms with Gasteiger partial charge in [-0.25, -0.2) is 0 Å². The molecule has 8 nitrogen and oxygen atoms in total. The number of ketones is 1. The number of hydrogen-bond acceptors (Lipinski definition) is 6. The lowest BCUT2D eigenvalue weighted by Gasteiger charge is -2.15. The van der Waals surface area contributed by atoms with Crippen molar-refractivity contribution in [3.63, 3.8) is 0 Å². The van der Waals surface area contributed by atoms with Crippen molar-refractivity contribution in [3.8, 4) is 11.9 Å². The number of aromatic nitrogens is 1. The fourth-order valence-electron chi connectivity index (χ4n) is 3.09. The van der Waals surface area contributed by atoms with Crippen LogP contribution in [0, 0.1) is 28.4 Å². The van der Waals surface area contributed by atoms with E-state index in [0.717, 1.165) is 4.57 Å². The van der Waals surface area contributed by atoms with Gasteiger partial charge in [-0.3, -0.25) is 24.3 Å². The maximum atomic E-state index is 13.1. The van der Waals surface area contributed by atoms with Crippen molar-refractivity contribution in [3.05, 3.63) is 103 Å². The van der Waals surface area contributed by atoms with Crippen molar-refractivity contribution in [1.82, 2.24) is 4.57 Å². The second-order valence-corrected chi connectivity index (χ2v) is 6.29. The van der Waals surface area contributed by atoms with Gasteiger partial charge >= 0.3 is 0 Å². The number of benzene rings is 2. The number of nitriles is 1. The first-order valence-electron chi connectivity index (χ1n) is 8.55. The van der Waals surface area contributed by atoms with Gasteiger partial charge in [0, 0.05) is 6.07 Å². The summed E-state index contributed by atoms with van der Waals surface area (Å²) in [5.41, 5.74) is -1.40. The molecule has 144 valence electrons. The molecular formula is C21H15N3O5. The maximum absolute atomic E-state index is 13.1. The Hall–Kier alpha value is -4.25. The number of rotatable bonds is 5.